The van der Waals surface area contributed by atoms with Crippen LogP contribution in [0.4, 0.5) is 0 Å². The van der Waals surface area contributed by atoms with Gasteiger partial charge in [-0.15, -0.1) is 20.4 Å². The monoisotopic (exact) mass is 311 g/mol. The summed E-state index contributed by atoms with van der Waals surface area (Å²) >= 11 is 0. The molecule has 3 atom stereocenters. The van der Waals surface area contributed by atoms with Gasteiger partial charge >= 0.3 is 0 Å². The summed E-state index contributed by atoms with van der Waals surface area (Å²) in [5.41, 5.74) is 0.730. The number of ether oxygens (including phenoxy) is 1. The summed E-state index contributed by atoms with van der Waals surface area (Å²) < 4.78 is 9.57. The summed E-state index contributed by atoms with van der Waals surface area (Å²) in [5, 5.41) is 17.3. The predicted molar refractivity (Wildman–Crippen MR) is 80.4 cm³/mol. The largest absolute Gasteiger partial charge is 0.374 e. The molecule has 8 nitrogen and oxygen atoms in total. The highest BCUT2D eigenvalue weighted by atomic mass is 16.5. The molecule has 2 fully saturated rings. The molecular formula is C15H17N7O. The average molecular weight is 311 g/mol. The first-order chi connectivity index (χ1) is 11.2. The molecule has 5 heterocycles. The van der Waals surface area contributed by atoms with Crippen LogP contribution >= 0.6 is 0 Å². The lowest BCUT2D eigenvalue weighted by Gasteiger charge is -2.18. The highest BCUT2D eigenvalue weighted by Crippen LogP contribution is 2.44. The molecule has 0 unspecified atom stereocenters. The van der Waals surface area contributed by atoms with Crippen molar-refractivity contribution >= 4 is 5.65 Å². The normalized spacial score (nSPS) is 26.4. The van der Waals surface area contributed by atoms with Gasteiger partial charge in [-0.3, -0.25) is 0 Å². The number of aryl methyl sites for hydroxylation is 2. The van der Waals surface area contributed by atoms with E-state index < -0.39 is 0 Å². The molecule has 2 aliphatic heterocycles. The highest BCUT2D eigenvalue weighted by Gasteiger charge is 2.44. The topological polar surface area (TPSA) is 83.0 Å². The van der Waals surface area contributed by atoms with Gasteiger partial charge in [-0.25, -0.2) is 4.98 Å². The standard InChI is InChI=1S/C15H17N7O/c1-8-16-15(11-7-10-3-4-12(11)23-10)22(19-8)14-6-5-13-18-17-9(2)21(13)20-14/h5-6,10-12H,3-4,7H2,1-2H3/t10-,11+,12+/m0/s1. The Morgan fingerprint density at radius 1 is 1.13 bits per heavy atom. The maximum Gasteiger partial charge on any atom is 0.178 e. The predicted octanol–water partition coefficient (Wildman–Crippen LogP) is 1.36. The maximum absolute atomic E-state index is 5.99. The Kier molecular flexibility index (Phi) is 2.61. The Bertz CT molecular complexity index is 899. The highest BCUT2D eigenvalue weighted by molar-refractivity contribution is 5.39. The molecule has 118 valence electrons. The van der Waals surface area contributed by atoms with Crippen molar-refractivity contribution in [2.24, 2.45) is 0 Å². The fourth-order valence-corrected chi connectivity index (χ4v) is 3.75. The van der Waals surface area contributed by atoms with Crippen molar-refractivity contribution in [1.82, 2.24) is 34.6 Å². The number of aromatic nitrogens is 7. The Labute approximate surface area is 132 Å². The third-order valence-corrected chi connectivity index (χ3v) is 4.80. The van der Waals surface area contributed by atoms with Gasteiger partial charge in [0, 0.05) is 5.92 Å². The van der Waals surface area contributed by atoms with Gasteiger partial charge in [0.15, 0.2) is 17.3 Å². The van der Waals surface area contributed by atoms with Gasteiger partial charge in [-0.05, 0) is 45.2 Å². The van der Waals surface area contributed by atoms with Gasteiger partial charge in [-0.2, -0.15) is 9.20 Å². The van der Waals surface area contributed by atoms with Crippen LogP contribution < -0.4 is 0 Å². The molecule has 2 bridgehead atoms. The first-order valence-corrected chi connectivity index (χ1v) is 7.97. The van der Waals surface area contributed by atoms with Gasteiger partial charge in [0.25, 0.3) is 0 Å². The Balaban J connectivity index is 1.63. The molecule has 8 heteroatoms. The van der Waals surface area contributed by atoms with E-state index in [1.165, 1.54) is 6.42 Å². The van der Waals surface area contributed by atoms with Crippen LogP contribution in [-0.2, 0) is 4.74 Å². The van der Waals surface area contributed by atoms with Crippen molar-refractivity contribution in [3.05, 3.63) is 29.6 Å². The molecule has 0 N–H and O–H groups in total. The van der Waals surface area contributed by atoms with Gasteiger partial charge in [0.2, 0.25) is 0 Å². The molecule has 0 radical (unpaired) electrons. The number of fused-ring (bicyclic) bond motifs is 3. The summed E-state index contributed by atoms with van der Waals surface area (Å²) in [7, 11) is 0. The first-order valence-electron chi connectivity index (χ1n) is 7.97. The minimum Gasteiger partial charge on any atom is -0.374 e. The summed E-state index contributed by atoms with van der Waals surface area (Å²) in [4.78, 5) is 4.67. The quantitative estimate of drug-likeness (QED) is 0.710. The van der Waals surface area contributed by atoms with E-state index in [1.54, 1.807) is 4.52 Å². The van der Waals surface area contributed by atoms with Crippen LogP contribution in [0.15, 0.2) is 12.1 Å². The average Bonchev–Trinajstić information content (AvgIpc) is 3.31. The van der Waals surface area contributed by atoms with E-state index in [-0.39, 0.29) is 6.10 Å². The maximum atomic E-state index is 5.99. The Morgan fingerprint density at radius 3 is 2.83 bits per heavy atom. The van der Waals surface area contributed by atoms with Gasteiger partial charge in [0.1, 0.15) is 11.6 Å². The van der Waals surface area contributed by atoms with Crippen LogP contribution in [-0.4, -0.2) is 46.8 Å². The molecule has 2 saturated heterocycles. The van der Waals surface area contributed by atoms with Gasteiger partial charge in [0.05, 0.1) is 12.2 Å². The lowest BCUT2D eigenvalue weighted by atomic mass is 9.88. The molecule has 0 spiro atoms. The third kappa shape index (κ3) is 1.91. The molecule has 0 aliphatic carbocycles. The van der Waals surface area contributed by atoms with Crippen molar-refractivity contribution in [3.63, 3.8) is 0 Å². The second-order valence-corrected chi connectivity index (χ2v) is 6.35. The first kappa shape index (κ1) is 13.1. The third-order valence-electron chi connectivity index (χ3n) is 4.80. The minimum absolute atomic E-state index is 0.266. The second-order valence-electron chi connectivity index (χ2n) is 6.35. The zero-order chi connectivity index (χ0) is 15.6. The summed E-state index contributed by atoms with van der Waals surface area (Å²) in [6.07, 6.45) is 3.95. The molecule has 3 aromatic rings. The molecule has 3 aromatic heterocycles. The van der Waals surface area contributed by atoms with Crippen LogP contribution in [0.2, 0.25) is 0 Å². The SMILES string of the molecule is Cc1nc([C@@H]2C[C@@H]3CC[C@H]2O3)n(-c2ccc3nnc(C)n3n2)n1. The zero-order valence-electron chi connectivity index (χ0n) is 13.0. The lowest BCUT2D eigenvalue weighted by molar-refractivity contribution is 0.0997. The molecular weight excluding hydrogens is 294 g/mol. The van der Waals surface area contributed by atoms with Crippen molar-refractivity contribution in [1.29, 1.82) is 0 Å². The number of hydrogen-bond acceptors (Lipinski definition) is 6. The van der Waals surface area contributed by atoms with E-state index in [4.69, 9.17) is 4.74 Å². The van der Waals surface area contributed by atoms with E-state index in [0.29, 0.717) is 12.0 Å². The summed E-state index contributed by atoms with van der Waals surface area (Å²) in [6.45, 7) is 3.80. The Hall–Kier alpha value is -2.35. The second kappa shape index (κ2) is 4.58. The van der Waals surface area contributed by atoms with Crippen molar-refractivity contribution in [2.45, 2.75) is 51.2 Å². The van der Waals surface area contributed by atoms with Crippen molar-refractivity contribution < 1.29 is 4.74 Å². The molecule has 0 saturated carbocycles. The van der Waals surface area contributed by atoms with Crippen molar-refractivity contribution in [2.75, 3.05) is 0 Å². The molecule has 23 heavy (non-hydrogen) atoms. The fourth-order valence-electron chi connectivity index (χ4n) is 3.75. The van der Waals surface area contributed by atoms with E-state index in [9.17, 15) is 0 Å². The zero-order valence-corrected chi connectivity index (χ0v) is 13.0. The lowest BCUT2D eigenvalue weighted by Crippen LogP contribution is -2.19. The smallest absolute Gasteiger partial charge is 0.178 e. The van der Waals surface area contributed by atoms with Crippen LogP contribution in [0.5, 0.6) is 0 Å². The Morgan fingerprint density at radius 2 is 2.04 bits per heavy atom. The molecule has 0 amide bonds. The van der Waals surface area contributed by atoms with Gasteiger partial charge in [-0.1, -0.05) is 0 Å². The number of nitrogens with zero attached hydrogens (tertiary/aromatic N) is 7. The molecule has 5 rings (SSSR count). The van der Waals surface area contributed by atoms with Crippen molar-refractivity contribution in [3.8, 4) is 5.82 Å². The fraction of sp³-hybridized carbons (Fsp3) is 0.533. The van der Waals surface area contributed by atoms with E-state index in [2.05, 4.69) is 25.4 Å². The molecule has 2 aliphatic rings. The van der Waals surface area contributed by atoms with Crippen LogP contribution in [0.3, 0.4) is 0 Å². The summed E-state index contributed by atoms with van der Waals surface area (Å²) in [6, 6.07) is 3.82. The van der Waals surface area contributed by atoms with E-state index >= 15 is 0 Å². The van der Waals surface area contributed by atoms with E-state index in [0.717, 1.165) is 41.8 Å². The van der Waals surface area contributed by atoms with E-state index in [1.807, 2.05) is 30.7 Å². The minimum atomic E-state index is 0.266. The van der Waals surface area contributed by atoms with Crippen LogP contribution in [0.25, 0.3) is 11.5 Å². The molecule has 0 aromatic carbocycles. The van der Waals surface area contributed by atoms with Gasteiger partial charge < -0.3 is 4.74 Å². The van der Waals surface area contributed by atoms with Crippen LogP contribution in [0, 0.1) is 13.8 Å². The number of hydrogen-bond donors (Lipinski definition) is 0. The summed E-state index contributed by atoms with van der Waals surface area (Å²) in [5.74, 6) is 3.49. The number of rotatable bonds is 2. The van der Waals surface area contributed by atoms with Crippen LogP contribution in [0.1, 0.15) is 42.7 Å².